The van der Waals surface area contributed by atoms with Crippen LogP contribution in [-0.2, 0) is 0 Å². The number of amidine groups is 1. The van der Waals surface area contributed by atoms with Crippen LogP contribution in [0.25, 0.3) is 0 Å². The molecule has 0 aliphatic heterocycles. The molecule has 0 radical (unpaired) electrons. The van der Waals surface area contributed by atoms with Crippen LogP contribution in [0, 0.1) is 13.8 Å². The molecule has 2 aromatic rings. The average Bonchev–Trinajstić information content (AvgIpc) is 2.51. The second-order valence-electron chi connectivity index (χ2n) is 4.33. The van der Waals surface area contributed by atoms with E-state index >= 15 is 0 Å². The Hall–Kier alpha value is -2.28. The van der Waals surface area contributed by atoms with Gasteiger partial charge in [-0.05, 0) is 37.8 Å². The van der Waals surface area contributed by atoms with Crippen LogP contribution >= 0.6 is 11.8 Å². The number of hydrogen-bond acceptors (Lipinski definition) is 6. The number of aromatic nitrogens is 2. The molecule has 2 rings (SSSR count). The normalized spacial score (nSPS) is 11.5. The number of aryl methyl sites for hydroxylation is 1. The third-order valence-electron chi connectivity index (χ3n) is 3.06. The molecule has 0 spiro atoms. The van der Waals surface area contributed by atoms with Crippen LogP contribution in [0.1, 0.15) is 16.8 Å². The summed E-state index contributed by atoms with van der Waals surface area (Å²) in [6.07, 6.45) is 1.96. The number of ether oxygens (including phenoxy) is 1. The number of nitrogens with zero attached hydrogens (tertiary/aromatic N) is 3. The Bertz CT molecular complexity index is 689. The van der Waals surface area contributed by atoms with E-state index < -0.39 is 0 Å². The van der Waals surface area contributed by atoms with E-state index in [1.165, 1.54) is 0 Å². The lowest BCUT2D eigenvalue weighted by molar-refractivity contribution is 0.318. The van der Waals surface area contributed by atoms with Gasteiger partial charge in [0.15, 0.2) is 5.84 Å². The van der Waals surface area contributed by atoms with Gasteiger partial charge in [-0.2, -0.15) is 5.10 Å². The molecule has 0 atom stereocenters. The van der Waals surface area contributed by atoms with Gasteiger partial charge in [0, 0.05) is 4.90 Å². The monoisotopic (exact) mass is 304 g/mol. The lowest BCUT2D eigenvalue weighted by Gasteiger charge is -2.13. The summed E-state index contributed by atoms with van der Waals surface area (Å²) < 4.78 is 5.82. The zero-order chi connectivity index (χ0) is 15.4. The molecule has 7 heteroatoms. The van der Waals surface area contributed by atoms with Gasteiger partial charge in [0.05, 0.1) is 11.3 Å². The van der Waals surface area contributed by atoms with Crippen molar-refractivity contribution in [1.82, 2.24) is 10.2 Å². The van der Waals surface area contributed by atoms with Gasteiger partial charge in [0.2, 0.25) is 5.88 Å². The van der Waals surface area contributed by atoms with Gasteiger partial charge in [-0.15, -0.1) is 16.9 Å². The topological polar surface area (TPSA) is 93.6 Å². The molecule has 0 saturated heterocycles. The quantitative estimate of drug-likeness (QED) is 0.296. The first-order chi connectivity index (χ1) is 10.1. The van der Waals surface area contributed by atoms with Gasteiger partial charge < -0.3 is 15.7 Å². The second-order valence-corrected chi connectivity index (χ2v) is 5.18. The number of para-hydroxylation sites is 1. The first-order valence-corrected chi connectivity index (χ1v) is 7.43. The van der Waals surface area contributed by atoms with Gasteiger partial charge in [-0.25, -0.2) is 0 Å². The summed E-state index contributed by atoms with van der Waals surface area (Å²) in [5.41, 5.74) is 7.64. The summed E-state index contributed by atoms with van der Waals surface area (Å²) in [7, 11) is 0. The fourth-order valence-corrected chi connectivity index (χ4v) is 2.34. The van der Waals surface area contributed by atoms with Crippen molar-refractivity contribution in [3.63, 3.8) is 0 Å². The fraction of sp³-hybridized carbons (Fsp3) is 0.214. The molecule has 0 saturated carbocycles. The minimum absolute atomic E-state index is 0.0536. The Morgan fingerprint density at radius 1 is 1.29 bits per heavy atom. The zero-order valence-corrected chi connectivity index (χ0v) is 12.8. The molecule has 0 aliphatic carbocycles. The van der Waals surface area contributed by atoms with Gasteiger partial charge in [-0.3, -0.25) is 0 Å². The maximum atomic E-state index is 8.95. The summed E-state index contributed by atoms with van der Waals surface area (Å²) in [6.45, 7) is 3.63. The Balaban J connectivity index is 2.52. The molecule has 0 amide bonds. The summed E-state index contributed by atoms with van der Waals surface area (Å²) in [6, 6.07) is 7.57. The van der Waals surface area contributed by atoms with E-state index in [2.05, 4.69) is 15.4 Å². The molecule has 3 N–H and O–H groups in total. The fourth-order valence-electron chi connectivity index (χ4n) is 1.82. The van der Waals surface area contributed by atoms with E-state index in [0.29, 0.717) is 17.0 Å². The van der Waals surface area contributed by atoms with Crippen LogP contribution in [-0.4, -0.2) is 27.5 Å². The number of oxime groups is 1. The van der Waals surface area contributed by atoms with Crippen molar-refractivity contribution in [3.05, 3.63) is 41.1 Å². The predicted molar refractivity (Wildman–Crippen MR) is 82.3 cm³/mol. The number of thioether (sulfide) groups is 1. The smallest absolute Gasteiger partial charge is 0.250 e. The number of hydrogen-bond donors (Lipinski definition) is 2. The number of rotatable bonds is 4. The molecule has 21 heavy (non-hydrogen) atoms. The molecular formula is C14H16N4O2S. The Morgan fingerprint density at radius 3 is 2.67 bits per heavy atom. The molecule has 6 nitrogen and oxygen atoms in total. The highest BCUT2D eigenvalue weighted by atomic mass is 32.2. The van der Waals surface area contributed by atoms with E-state index in [0.717, 1.165) is 10.5 Å². The van der Waals surface area contributed by atoms with Crippen molar-refractivity contribution in [1.29, 1.82) is 0 Å². The molecular weight excluding hydrogens is 288 g/mol. The van der Waals surface area contributed by atoms with Crippen LogP contribution in [0.2, 0.25) is 0 Å². The average molecular weight is 304 g/mol. The maximum Gasteiger partial charge on any atom is 0.250 e. The third-order valence-corrected chi connectivity index (χ3v) is 3.84. The Labute approximate surface area is 127 Å². The number of nitrogens with two attached hydrogens (primary N) is 1. The summed E-state index contributed by atoms with van der Waals surface area (Å²) in [5, 5.41) is 20.1. The molecule has 1 aromatic heterocycles. The van der Waals surface area contributed by atoms with Gasteiger partial charge in [0.1, 0.15) is 5.75 Å². The van der Waals surface area contributed by atoms with Crippen molar-refractivity contribution < 1.29 is 9.94 Å². The van der Waals surface area contributed by atoms with Crippen molar-refractivity contribution in [2.75, 3.05) is 6.26 Å². The molecule has 110 valence electrons. The maximum absolute atomic E-state index is 8.95. The summed E-state index contributed by atoms with van der Waals surface area (Å²) >= 11 is 1.56. The zero-order valence-electron chi connectivity index (χ0n) is 12.0. The van der Waals surface area contributed by atoms with E-state index in [9.17, 15) is 0 Å². The molecule has 0 fully saturated rings. The largest absolute Gasteiger partial charge is 0.436 e. The molecule has 0 bridgehead atoms. The van der Waals surface area contributed by atoms with Crippen LogP contribution in [0.5, 0.6) is 11.6 Å². The second kappa shape index (κ2) is 6.45. The molecule has 0 aliphatic rings. The van der Waals surface area contributed by atoms with Crippen LogP contribution in [0.3, 0.4) is 0 Å². The molecule has 1 aromatic carbocycles. The third kappa shape index (κ3) is 3.08. The Morgan fingerprint density at radius 2 is 2.00 bits per heavy atom. The van der Waals surface area contributed by atoms with Crippen molar-refractivity contribution in [2.24, 2.45) is 10.9 Å². The molecule has 0 unspecified atom stereocenters. The predicted octanol–water partition coefficient (Wildman–Crippen LogP) is 2.70. The summed E-state index contributed by atoms with van der Waals surface area (Å²) in [5.74, 6) is 0.812. The lowest BCUT2D eigenvalue weighted by Crippen LogP contribution is -2.18. The van der Waals surface area contributed by atoms with Crippen LogP contribution in [0.4, 0.5) is 0 Å². The number of benzene rings is 1. The van der Waals surface area contributed by atoms with Crippen molar-refractivity contribution >= 4 is 17.6 Å². The van der Waals surface area contributed by atoms with E-state index in [1.54, 1.807) is 18.7 Å². The van der Waals surface area contributed by atoms with Crippen molar-refractivity contribution in [2.45, 2.75) is 18.7 Å². The highest BCUT2D eigenvalue weighted by Crippen LogP contribution is 2.32. The van der Waals surface area contributed by atoms with Crippen LogP contribution in [0.15, 0.2) is 34.3 Å². The van der Waals surface area contributed by atoms with E-state index in [1.807, 2.05) is 37.4 Å². The highest BCUT2D eigenvalue weighted by Gasteiger charge is 2.18. The minimum atomic E-state index is -0.0536. The first kappa shape index (κ1) is 15.1. The first-order valence-electron chi connectivity index (χ1n) is 6.21. The van der Waals surface area contributed by atoms with E-state index in [4.69, 9.17) is 15.7 Å². The lowest BCUT2D eigenvalue weighted by atomic mass is 10.1. The van der Waals surface area contributed by atoms with Gasteiger partial charge in [-0.1, -0.05) is 17.3 Å². The van der Waals surface area contributed by atoms with Crippen molar-refractivity contribution in [3.8, 4) is 11.6 Å². The molecule has 1 heterocycles. The highest BCUT2D eigenvalue weighted by molar-refractivity contribution is 7.98. The minimum Gasteiger partial charge on any atom is -0.436 e. The van der Waals surface area contributed by atoms with Gasteiger partial charge in [0.25, 0.3) is 0 Å². The van der Waals surface area contributed by atoms with Gasteiger partial charge >= 0.3 is 0 Å². The Kier molecular flexibility index (Phi) is 4.64. The summed E-state index contributed by atoms with van der Waals surface area (Å²) in [4.78, 5) is 0.961. The SMILES string of the molecule is CSc1ccccc1Oc1nnc(C)c(C)c1C(N)=NO. The van der Waals surface area contributed by atoms with E-state index in [-0.39, 0.29) is 11.7 Å². The standard InChI is InChI=1S/C14H16N4O2S/c1-8-9(2)16-17-14(12(8)13(15)18-19)20-10-6-4-5-7-11(10)21-3/h4-7,19H,1-3H3,(H2,15,18). The van der Waals surface area contributed by atoms with Crippen LogP contribution < -0.4 is 10.5 Å².